The van der Waals surface area contributed by atoms with Gasteiger partial charge in [0.15, 0.2) is 0 Å². The summed E-state index contributed by atoms with van der Waals surface area (Å²) in [4.78, 5) is 20.2. The second-order valence-electron chi connectivity index (χ2n) is 4.31. The first-order valence-electron chi connectivity index (χ1n) is 6.26. The molecule has 1 aliphatic heterocycles. The van der Waals surface area contributed by atoms with Gasteiger partial charge in [-0.25, -0.2) is 9.78 Å². The molecule has 98 valence electrons. The molecule has 0 atom stereocenters. The monoisotopic (exact) mass is 249 g/mol. The Hall–Kier alpha value is -1.62. The fourth-order valence-corrected chi connectivity index (χ4v) is 2.15. The van der Waals surface area contributed by atoms with Gasteiger partial charge in [0.2, 0.25) is 0 Å². The quantitative estimate of drug-likeness (QED) is 0.748. The normalized spacial score (nSPS) is 16.7. The van der Waals surface area contributed by atoms with E-state index in [0.717, 1.165) is 38.4 Å². The molecule has 1 aromatic heterocycles. The third-order valence-corrected chi connectivity index (χ3v) is 3.32. The number of hydrogen-bond donors (Lipinski definition) is 0. The molecule has 1 aliphatic rings. The summed E-state index contributed by atoms with van der Waals surface area (Å²) in [6, 6.07) is 3.74. The Balaban J connectivity index is 2.07. The third-order valence-electron chi connectivity index (χ3n) is 3.32. The van der Waals surface area contributed by atoms with E-state index < -0.39 is 0 Å². The number of rotatable bonds is 3. The van der Waals surface area contributed by atoms with E-state index in [4.69, 9.17) is 0 Å². The van der Waals surface area contributed by atoms with Crippen LogP contribution < -0.4 is 4.90 Å². The largest absolute Gasteiger partial charge is 0.464 e. The number of hydrogen-bond acceptors (Lipinski definition) is 5. The Kier molecular flexibility index (Phi) is 4.15. The first-order chi connectivity index (χ1) is 8.74. The number of piperazine rings is 1. The minimum Gasteiger partial charge on any atom is -0.464 e. The number of aromatic nitrogens is 1. The highest BCUT2D eigenvalue weighted by atomic mass is 16.5. The second-order valence-corrected chi connectivity index (χ2v) is 4.31. The summed E-state index contributed by atoms with van der Waals surface area (Å²) in [5, 5.41) is 0. The molecule has 0 unspecified atom stereocenters. The van der Waals surface area contributed by atoms with Gasteiger partial charge in [0, 0.05) is 38.1 Å². The number of ether oxygens (including phenoxy) is 1. The number of carbonyl (C=O) groups is 1. The molecule has 0 aromatic carbocycles. The number of anilines is 1. The van der Waals surface area contributed by atoms with Gasteiger partial charge in [-0.15, -0.1) is 0 Å². The van der Waals surface area contributed by atoms with Gasteiger partial charge in [-0.05, 0) is 18.7 Å². The van der Waals surface area contributed by atoms with E-state index in [1.54, 1.807) is 12.3 Å². The molecule has 0 bridgehead atoms. The van der Waals surface area contributed by atoms with Crippen molar-refractivity contribution in [1.82, 2.24) is 9.88 Å². The van der Waals surface area contributed by atoms with E-state index in [-0.39, 0.29) is 5.97 Å². The molecular formula is C13H19N3O2. The van der Waals surface area contributed by atoms with Gasteiger partial charge in [-0.1, -0.05) is 6.92 Å². The van der Waals surface area contributed by atoms with Gasteiger partial charge in [0.25, 0.3) is 0 Å². The number of carbonyl (C=O) groups excluding carboxylic acids is 1. The van der Waals surface area contributed by atoms with Crippen molar-refractivity contribution in [1.29, 1.82) is 0 Å². The Morgan fingerprint density at radius 1 is 1.39 bits per heavy atom. The third kappa shape index (κ3) is 2.79. The number of esters is 1. The maximum atomic E-state index is 11.4. The van der Waals surface area contributed by atoms with Gasteiger partial charge in [-0.2, -0.15) is 0 Å². The zero-order chi connectivity index (χ0) is 13.0. The molecule has 0 saturated carbocycles. The van der Waals surface area contributed by atoms with Crippen molar-refractivity contribution in [2.75, 3.05) is 44.7 Å². The SMILES string of the molecule is CCN1CCN(c2ccnc(C(=O)OC)c2)CC1. The number of pyridine rings is 1. The van der Waals surface area contributed by atoms with Crippen LogP contribution in [-0.4, -0.2) is 55.7 Å². The Morgan fingerprint density at radius 3 is 2.72 bits per heavy atom. The molecule has 0 spiro atoms. The highest BCUT2D eigenvalue weighted by Gasteiger charge is 2.17. The fraction of sp³-hybridized carbons (Fsp3) is 0.538. The molecule has 5 nitrogen and oxygen atoms in total. The topological polar surface area (TPSA) is 45.7 Å². The molecule has 0 aliphatic carbocycles. The zero-order valence-electron chi connectivity index (χ0n) is 10.9. The van der Waals surface area contributed by atoms with Gasteiger partial charge in [0.05, 0.1) is 7.11 Å². The summed E-state index contributed by atoms with van der Waals surface area (Å²) in [5.41, 5.74) is 1.41. The van der Waals surface area contributed by atoms with Crippen molar-refractivity contribution >= 4 is 11.7 Å². The molecule has 1 saturated heterocycles. The summed E-state index contributed by atoms with van der Waals surface area (Å²) in [6.45, 7) is 7.37. The standard InChI is InChI=1S/C13H19N3O2/c1-3-15-6-8-16(9-7-15)11-4-5-14-12(10-11)13(17)18-2/h4-5,10H,3,6-9H2,1-2H3. The summed E-state index contributed by atoms with van der Waals surface area (Å²) in [7, 11) is 1.37. The maximum Gasteiger partial charge on any atom is 0.356 e. The van der Waals surface area contributed by atoms with E-state index >= 15 is 0 Å². The predicted molar refractivity (Wildman–Crippen MR) is 69.9 cm³/mol. The van der Waals surface area contributed by atoms with E-state index in [0.29, 0.717) is 5.69 Å². The van der Waals surface area contributed by atoms with E-state index in [1.165, 1.54) is 7.11 Å². The Labute approximate surface area is 107 Å². The predicted octanol–water partition coefficient (Wildman–Crippen LogP) is 1.01. The first kappa shape index (κ1) is 12.8. The van der Waals surface area contributed by atoms with Gasteiger partial charge >= 0.3 is 5.97 Å². The van der Waals surface area contributed by atoms with E-state index in [1.807, 2.05) is 6.07 Å². The summed E-state index contributed by atoms with van der Waals surface area (Å²) < 4.78 is 4.68. The number of likely N-dealkylation sites (N-methyl/N-ethyl adjacent to an activating group) is 1. The first-order valence-corrected chi connectivity index (χ1v) is 6.26. The smallest absolute Gasteiger partial charge is 0.356 e. The number of methoxy groups -OCH3 is 1. The lowest BCUT2D eigenvalue weighted by Crippen LogP contribution is -2.46. The molecule has 2 heterocycles. The van der Waals surface area contributed by atoms with Crippen LogP contribution in [0.1, 0.15) is 17.4 Å². The molecule has 1 fully saturated rings. The Morgan fingerprint density at radius 2 is 2.11 bits per heavy atom. The van der Waals surface area contributed by atoms with Crippen LogP contribution in [0.25, 0.3) is 0 Å². The summed E-state index contributed by atoms with van der Waals surface area (Å²) in [5.74, 6) is -0.385. The lowest BCUT2D eigenvalue weighted by Gasteiger charge is -2.35. The van der Waals surface area contributed by atoms with E-state index in [9.17, 15) is 4.79 Å². The molecule has 0 amide bonds. The van der Waals surface area contributed by atoms with Crippen LogP contribution in [0.15, 0.2) is 18.3 Å². The van der Waals surface area contributed by atoms with Gasteiger partial charge in [-0.3, -0.25) is 0 Å². The fourth-order valence-electron chi connectivity index (χ4n) is 2.15. The highest BCUT2D eigenvalue weighted by Crippen LogP contribution is 2.17. The van der Waals surface area contributed by atoms with Crippen molar-refractivity contribution in [3.8, 4) is 0 Å². The van der Waals surface area contributed by atoms with Crippen LogP contribution >= 0.6 is 0 Å². The molecule has 5 heteroatoms. The molecular weight excluding hydrogens is 230 g/mol. The average molecular weight is 249 g/mol. The van der Waals surface area contributed by atoms with Crippen molar-refractivity contribution in [3.05, 3.63) is 24.0 Å². The summed E-state index contributed by atoms with van der Waals surface area (Å²) in [6.07, 6.45) is 1.66. The minimum absolute atomic E-state index is 0.368. The molecule has 2 rings (SSSR count). The zero-order valence-corrected chi connectivity index (χ0v) is 10.9. The molecule has 18 heavy (non-hydrogen) atoms. The van der Waals surface area contributed by atoms with Crippen LogP contribution in [-0.2, 0) is 4.74 Å². The van der Waals surface area contributed by atoms with Crippen molar-refractivity contribution in [2.24, 2.45) is 0 Å². The van der Waals surface area contributed by atoms with Gasteiger partial charge in [0.1, 0.15) is 5.69 Å². The maximum absolute atomic E-state index is 11.4. The second kappa shape index (κ2) is 5.82. The van der Waals surface area contributed by atoms with Gasteiger partial charge < -0.3 is 14.5 Å². The van der Waals surface area contributed by atoms with Crippen LogP contribution in [0, 0.1) is 0 Å². The lowest BCUT2D eigenvalue weighted by molar-refractivity contribution is 0.0594. The lowest BCUT2D eigenvalue weighted by atomic mass is 10.2. The van der Waals surface area contributed by atoms with Crippen LogP contribution in [0.3, 0.4) is 0 Å². The van der Waals surface area contributed by atoms with Crippen LogP contribution in [0.4, 0.5) is 5.69 Å². The van der Waals surface area contributed by atoms with Crippen LogP contribution in [0.2, 0.25) is 0 Å². The molecule has 1 aromatic rings. The van der Waals surface area contributed by atoms with Crippen molar-refractivity contribution < 1.29 is 9.53 Å². The average Bonchev–Trinajstić information content (AvgIpc) is 2.46. The number of nitrogens with zero attached hydrogens (tertiary/aromatic N) is 3. The van der Waals surface area contributed by atoms with Crippen molar-refractivity contribution in [2.45, 2.75) is 6.92 Å². The molecule has 0 N–H and O–H groups in total. The highest BCUT2D eigenvalue weighted by molar-refractivity contribution is 5.88. The Bertz CT molecular complexity index is 414. The minimum atomic E-state index is -0.385. The molecule has 0 radical (unpaired) electrons. The van der Waals surface area contributed by atoms with E-state index in [2.05, 4.69) is 26.4 Å². The van der Waals surface area contributed by atoms with Crippen molar-refractivity contribution in [3.63, 3.8) is 0 Å². The summed E-state index contributed by atoms with van der Waals surface area (Å²) >= 11 is 0. The van der Waals surface area contributed by atoms with Crippen LogP contribution in [0.5, 0.6) is 0 Å².